The van der Waals surface area contributed by atoms with Gasteiger partial charge in [-0.2, -0.15) is 0 Å². The van der Waals surface area contributed by atoms with Gasteiger partial charge >= 0.3 is 0 Å². The third-order valence-corrected chi connectivity index (χ3v) is 3.16. The Labute approximate surface area is 107 Å². The summed E-state index contributed by atoms with van der Waals surface area (Å²) in [5.41, 5.74) is 3.10. The van der Waals surface area contributed by atoms with Crippen LogP contribution in [0.3, 0.4) is 0 Å². The Bertz CT molecular complexity index is 486. The van der Waals surface area contributed by atoms with Gasteiger partial charge in [0, 0.05) is 17.0 Å². The van der Waals surface area contributed by atoms with E-state index >= 15 is 0 Å². The fourth-order valence-corrected chi connectivity index (χ4v) is 2.06. The molecule has 0 atom stereocenters. The second-order valence-electron chi connectivity index (χ2n) is 4.63. The Kier molecular flexibility index (Phi) is 3.92. The molecule has 0 heterocycles. The standard InChI is InChI=1S/C15H18N2O/c1-11(16)12-7-9-14(10-8-12)17-15(18)13-5-3-2-4-6-13/h5,7-10,16H,2-4,6H2,1H3,(H,17,18). The number of amides is 1. The fraction of sp³-hybridized carbons (Fsp3) is 0.333. The van der Waals surface area contributed by atoms with Gasteiger partial charge in [-0.1, -0.05) is 18.2 Å². The molecule has 0 radical (unpaired) electrons. The van der Waals surface area contributed by atoms with Crippen LogP contribution in [-0.2, 0) is 4.79 Å². The molecule has 0 aliphatic heterocycles. The van der Waals surface area contributed by atoms with Gasteiger partial charge < -0.3 is 10.7 Å². The van der Waals surface area contributed by atoms with Crippen molar-refractivity contribution in [1.29, 1.82) is 5.41 Å². The molecule has 94 valence electrons. The van der Waals surface area contributed by atoms with E-state index in [0.29, 0.717) is 5.71 Å². The summed E-state index contributed by atoms with van der Waals surface area (Å²) in [6.07, 6.45) is 6.21. The summed E-state index contributed by atoms with van der Waals surface area (Å²) < 4.78 is 0. The van der Waals surface area contributed by atoms with Crippen LogP contribution < -0.4 is 5.32 Å². The summed E-state index contributed by atoms with van der Waals surface area (Å²) in [6, 6.07) is 7.39. The van der Waals surface area contributed by atoms with Crippen molar-refractivity contribution in [3.05, 3.63) is 41.5 Å². The smallest absolute Gasteiger partial charge is 0.251 e. The molecule has 0 fully saturated rings. The van der Waals surface area contributed by atoms with E-state index in [4.69, 9.17) is 5.41 Å². The second-order valence-corrected chi connectivity index (χ2v) is 4.63. The summed E-state index contributed by atoms with van der Waals surface area (Å²) in [5, 5.41) is 10.4. The van der Waals surface area contributed by atoms with E-state index in [0.717, 1.165) is 36.1 Å². The largest absolute Gasteiger partial charge is 0.322 e. The first-order valence-electron chi connectivity index (χ1n) is 6.33. The van der Waals surface area contributed by atoms with Crippen molar-refractivity contribution in [2.45, 2.75) is 32.6 Å². The quantitative estimate of drug-likeness (QED) is 0.783. The highest BCUT2D eigenvalue weighted by molar-refractivity contribution is 6.04. The van der Waals surface area contributed by atoms with Gasteiger partial charge in [-0.05, 0) is 50.3 Å². The number of anilines is 1. The first kappa shape index (κ1) is 12.6. The van der Waals surface area contributed by atoms with E-state index in [1.807, 2.05) is 30.3 Å². The summed E-state index contributed by atoms with van der Waals surface area (Å²) >= 11 is 0. The zero-order chi connectivity index (χ0) is 13.0. The van der Waals surface area contributed by atoms with Crippen LogP contribution in [-0.4, -0.2) is 11.6 Å². The molecular formula is C15H18N2O. The van der Waals surface area contributed by atoms with Crippen LogP contribution in [0.2, 0.25) is 0 Å². The van der Waals surface area contributed by atoms with Gasteiger partial charge in [0.15, 0.2) is 0 Å². The van der Waals surface area contributed by atoms with Crippen molar-refractivity contribution < 1.29 is 4.79 Å². The molecule has 1 amide bonds. The molecule has 3 nitrogen and oxygen atoms in total. The van der Waals surface area contributed by atoms with E-state index in [2.05, 4.69) is 5.32 Å². The topological polar surface area (TPSA) is 53.0 Å². The van der Waals surface area contributed by atoms with Gasteiger partial charge in [-0.3, -0.25) is 4.79 Å². The highest BCUT2D eigenvalue weighted by Gasteiger charge is 2.12. The van der Waals surface area contributed by atoms with E-state index in [-0.39, 0.29) is 5.91 Å². The van der Waals surface area contributed by atoms with Crippen LogP contribution in [0.1, 0.15) is 38.2 Å². The normalized spacial score (nSPS) is 14.8. The molecule has 0 aromatic heterocycles. The minimum Gasteiger partial charge on any atom is -0.322 e. The van der Waals surface area contributed by atoms with Crippen molar-refractivity contribution in [1.82, 2.24) is 0 Å². The molecule has 1 aromatic rings. The number of allylic oxidation sites excluding steroid dienone is 1. The highest BCUT2D eigenvalue weighted by Crippen LogP contribution is 2.19. The number of carbonyl (C=O) groups is 1. The minimum atomic E-state index is 0.00836. The lowest BCUT2D eigenvalue weighted by Crippen LogP contribution is -2.15. The van der Waals surface area contributed by atoms with Gasteiger partial charge in [0.1, 0.15) is 0 Å². The molecule has 1 aliphatic carbocycles. The number of hydrogen-bond acceptors (Lipinski definition) is 2. The zero-order valence-electron chi connectivity index (χ0n) is 10.6. The number of nitrogens with one attached hydrogen (secondary N) is 2. The predicted octanol–water partition coefficient (Wildman–Crippen LogP) is 3.51. The van der Waals surface area contributed by atoms with Crippen molar-refractivity contribution in [2.24, 2.45) is 0 Å². The van der Waals surface area contributed by atoms with E-state index in [9.17, 15) is 4.79 Å². The van der Waals surface area contributed by atoms with E-state index < -0.39 is 0 Å². The van der Waals surface area contributed by atoms with Crippen molar-refractivity contribution in [3.8, 4) is 0 Å². The third kappa shape index (κ3) is 3.06. The highest BCUT2D eigenvalue weighted by atomic mass is 16.1. The monoisotopic (exact) mass is 242 g/mol. The van der Waals surface area contributed by atoms with Crippen LogP contribution in [0.5, 0.6) is 0 Å². The van der Waals surface area contributed by atoms with Crippen LogP contribution in [0.25, 0.3) is 0 Å². The third-order valence-electron chi connectivity index (χ3n) is 3.16. The molecule has 0 saturated carbocycles. The van der Waals surface area contributed by atoms with E-state index in [1.165, 1.54) is 6.42 Å². The Balaban J connectivity index is 2.02. The molecular weight excluding hydrogens is 224 g/mol. The number of benzene rings is 1. The van der Waals surface area contributed by atoms with Gasteiger partial charge in [0.2, 0.25) is 0 Å². The van der Waals surface area contributed by atoms with Gasteiger partial charge in [-0.25, -0.2) is 0 Å². The van der Waals surface area contributed by atoms with Crippen LogP contribution in [0, 0.1) is 5.41 Å². The maximum atomic E-state index is 12.0. The molecule has 2 rings (SSSR count). The van der Waals surface area contributed by atoms with Crippen molar-refractivity contribution >= 4 is 17.3 Å². The number of carbonyl (C=O) groups excluding carboxylic acids is 1. The van der Waals surface area contributed by atoms with Crippen LogP contribution in [0.15, 0.2) is 35.9 Å². The molecule has 1 aliphatic rings. The van der Waals surface area contributed by atoms with Crippen LogP contribution >= 0.6 is 0 Å². The molecule has 0 unspecified atom stereocenters. The molecule has 3 heteroatoms. The Hall–Kier alpha value is -1.90. The first-order chi connectivity index (χ1) is 8.66. The van der Waals surface area contributed by atoms with Gasteiger partial charge in [0.05, 0.1) is 0 Å². The minimum absolute atomic E-state index is 0.00836. The molecule has 0 saturated heterocycles. The molecule has 0 bridgehead atoms. The summed E-state index contributed by atoms with van der Waals surface area (Å²) in [7, 11) is 0. The average molecular weight is 242 g/mol. The Morgan fingerprint density at radius 2 is 1.94 bits per heavy atom. The number of hydrogen-bond donors (Lipinski definition) is 2. The predicted molar refractivity (Wildman–Crippen MR) is 74.1 cm³/mol. The molecule has 0 spiro atoms. The zero-order valence-corrected chi connectivity index (χ0v) is 10.6. The summed E-state index contributed by atoms with van der Waals surface area (Å²) in [4.78, 5) is 12.0. The Morgan fingerprint density at radius 1 is 1.22 bits per heavy atom. The fourth-order valence-electron chi connectivity index (χ4n) is 2.06. The molecule has 1 aromatic carbocycles. The lowest BCUT2D eigenvalue weighted by atomic mass is 9.99. The maximum Gasteiger partial charge on any atom is 0.251 e. The molecule has 2 N–H and O–H groups in total. The van der Waals surface area contributed by atoms with Crippen LogP contribution in [0.4, 0.5) is 5.69 Å². The van der Waals surface area contributed by atoms with Gasteiger partial charge in [-0.15, -0.1) is 0 Å². The van der Waals surface area contributed by atoms with Gasteiger partial charge in [0.25, 0.3) is 5.91 Å². The average Bonchev–Trinajstić information content (AvgIpc) is 2.40. The maximum absolute atomic E-state index is 12.0. The van der Waals surface area contributed by atoms with E-state index in [1.54, 1.807) is 6.92 Å². The lowest BCUT2D eigenvalue weighted by molar-refractivity contribution is -0.113. The second kappa shape index (κ2) is 5.63. The Morgan fingerprint density at radius 3 is 2.50 bits per heavy atom. The summed E-state index contributed by atoms with van der Waals surface area (Å²) in [6.45, 7) is 1.75. The van der Waals surface area contributed by atoms with Crippen molar-refractivity contribution in [2.75, 3.05) is 5.32 Å². The number of rotatable bonds is 3. The first-order valence-corrected chi connectivity index (χ1v) is 6.33. The lowest BCUT2D eigenvalue weighted by Gasteiger charge is -2.12. The van der Waals surface area contributed by atoms with Crippen molar-refractivity contribution in [3.63, 3.8) is 0 Å². The SMILES string of the molecule is CC(=N)c1ccc(NC(=O)C2=CCCCC2)cc1. The summed E-state index contributed by atoms with van der Waals surface area (Å²) in [5.74, 6) is 0.00836. The molecule has 18 heavy (non-hydrogen) atoms.